The van der Waals surface area contributed by atoms with E-state index in [-0.39, 0.29) is 32.1 Å². The lowest BCUT2D eigenvalue weighted by Gasteiger charge is -2.33. The summed E-state index contributed by atoms with van der Waals surface area (Å²) in [5.41, 5.74) is 1.02. The van der Waals surface area contributed by atoms with E-state index in [1.54, 1.807) is 56.0 Å². The fraction of sp³-hybridized carbons (Fsp3) is 0.333. The number of rotatable bonds is 5. The van der Waals surface area contributed by atoms with E-state index < -0.39 is 21.7 Å². The van der Waals surface area contributed by atoms with Gasteiger partial charge >= 0.3 is 6.09 Å². The van der Waals surface area contributed by atoms with Crippen molar-refractivity contribution in [3.05, 3.63) is 71.1 Å². The highest BCUT2D eigenvalue weighted by atomic mass is 32.2. The average molecular weight is 472 g/mol. The maximum Gasteiger partial charge on any atom is 0.412 e. The van der Waals surface area contributed by atoms with Crippen molar-refractivity contribution >= 4 is 33.8 Å². The standard InChI is InChI=1S/C24H29N3O5S/c1-24(2,3)32-23(29)25-21-11-7-10-20(18-21)22(28)26-13-15-27(16-14-26)33(30,31)17-12-19-8-5-4-6-9-19/h4-12,17-18H,13-16H2,1-3H3,(H,25,29)/b17-12+. The molecule has 0 atom stereocenters. The molecule has 0 aromatic heterocycles. The SMILES string of the molecule is CC(C)(C)OC(=O)Nc1cccc(C(=O)N2CCN(S(=O)(=O)/C=C/c3ccccc3)CC2)c1. The highest BCUT2D eigenvalue weighted by Gasteiger charge is 2.28. The van der Waals surface area contributed by atoms with E-state index in [2.05, 4.69) is 5.32 Å². The minimum Gasteiger partial charge on any atom is -0.444 e. The Morgan fingerprint density at radius 1 is 0.970 bits per heavy atom. The number of piperazine rings is 1. The van der Waals surface area contributed by atoms with Crippen molar-refractivity contribution in [1.29, 1.82) is 0 Å². The molecule has 9 heteroatoms. The third-order valence-electron chi connectivity index (χ3n) is 4.87. The van der Waals surface area contributed by atoms with Gasteiger partial charge in [0.15, 0.2) is 0 Å². The highest BCUT2D eigenvalue weighted by Crippen LogP contribution is 2.17. The molecule has 1 N–H and O–H groups in total. The Labute approximate surface area is 194 Å². The van der Waals surface area contributed by atoms with E-state index in [0.29, 0.717) is 11.3 Å². The second-order valence-corrected chi connectivity index (χ2v) is 10.5. The van der Waals surface area contributed by atoms with Crippen LogP contribution in [0, 0.1) is 0 Å². The van der Waals surface area contributed by atoms with Crippen LogP contribution < -0.4 is 5.32 Å². The number of hydrogen-bond acceptors (Lipinski definition) is 5. The Balaban J connectivity index is 1.59. The van der Waals surface area contributed by atoms with Gasteiger partial charge in [0.2, 0.25) is 10.0 Å². The number of hydrogen-bond donors (Lipinski definition) is 1. The summed E-state index contributed by atoms with van der Waals surface area (Å²) >= 11 is 0. The summed E-state index contributed by atoms with van der Waals surface area (Å²) < 4.78 is 31.9. The van der Waals surface area contributed by atoms with Gasteiger partial charge in [0.1, 0.15) is 5.60 Å². The molecule has 0 aliphatic carbocycles. The zero-order valence-electron chi connectivity index (χ0n) is 19.0. The predicted molar refractivity (Wildman–Crippen MR) is 128 cm³/mol. The van der Waals surface area contributed by atoms with E-state index in [1.807, 2.05) is 30.3 Å². The van der Waals surface area contributed by atoms with E-state index in [1.165, 1.54) is 9.71 Å². The number of nitrogens with one attached hydrogen (secondary N) is 1. The van der Waals surface area contributed by atoms with Crippen LogP contribution in [0.25, 0.3) is 6.08 Å². The van der Waals surface area contributed by atoms with Crippen molar-refractivity contribution in [2.75, 3.05) is 31.5 Å². The Bertz CT molecular complexity index is 1120. The molecule has 0 radical (unpaired) electrons. The molecule has 2 aromatic carbocycles. The lowest BCUT2D eigenvalue weighted by atomic mass is 10.1. The van der Waals surface area contributed by atoms with Crippen LogP contribution in [-0.2, 0) is 14.8 Å². The van der Waals surface area contributed by atoms with E-state index in [0.717, 1.165) is 5.56 Å². The van der Waals surface area contributed by atoms with Gasteiger partial charge in [-0.05, 0) is 50.6 Å². The van der Waals surface area contributed by atoms with Gasteiger partial charge in [-0.1, -0.05) is 36.4 Å². The van der Waals surface area contributed by atoms with Gasteiger partial charge in [0.25, 0.3) is 5.91 Å². The zero-order valence-corrected chi connectivity index (χ0v) is 19.8. The number of benzene rings is 2. The monoisotopic (exact) mass is 471 g/mol. The Kier molecular flexibility index (Phi) is 7.55. The first kappa shape index (κ1) is 24.5. The molecule has 0 unspecified atom stereocenters. The summed E-state index contributed by atoms with van der Waals surface area (Å²) in [7, 11) is -3.58. The molecule has 1 aliphatic rings. The smallest absolute Gasteiger partial charge is 0.412 e. The maximum atomic E-state index is 12.9. The fourth-order valence-electron chi connectivity index (χ4n) is 3.29. The number of amides is 2. The number of anilines is 1. The van der Waals surface area contributed by atoms with Gasteiger partial charge < -0.3 is 9.64 Å². The summed E-state index contributed by atoms with van der Waals surface area (Å²) in [5, 5.41) is 3.82. The quantitative estimate of drug-likeness (QED) is 0.716. The van der Waals surface area contributed by atoms with E-state index in [9.17, 15) is 18.0 Å². The van der Waals surface area contributed by atoms with Crippen molar-refractivity contribution in [2.45, 2.75) is 26.4 Å². The Hall–Kier alpha value is -3.17. The molecule has 1 aliphatic heterocycles. The fourth-order valence-corrected chi connectivity index (χ4v) is 4.47. The largest absolute Gasteiger partial charge is 0.444 e. The van der Waals surface area contributed by atoms with Crippen molar-refractivity contribution in [3.63, 3.8) is 0 Å². The number of ether oxygens (including phenoxy) is 1. The van der Waals surface area contributed by atoms with Crippen LogP contribution in [0.3, 0.4) is 0 Å². The zero-order chi connectivity index (χ0) is 24.1. The summed E-state index contributed by atoms with van der Waals surface area (Å²) in [6.07, 6.45) is 0.963. The van der Waals surface area contributed by atoms with Gasteiger partial charge in [-0.2, -0.15) is 4.31 Å². The van der Waals surface area contributed by atoms with Gasteiger partial charge in [0.05, 0.1) is 0 Å². The van der Waals surface area contributed by atoms with Crippen molar-refractivity contribution in [1.82, 2.24) is 9.21 Å². The molecule has 1 heterocycles. The lowest BCUT2D eigenvalue weighted by molar-refractivity contribution is 0.0634. The van der Waals surface area contributed by atoms with Crippen LogP contribution in [-0.4, -0.2) is 61.4 Å². The Morgan fingerprint density at radius 2 is 1.64 bits per heavy atom. The van der Waals surface area contributed by atoms with Crippen LogP contribution in [0.5, 0.6) is 0 Å². The van der Waals surface area contributed by atoms with Crippen molar-refractivity contribution in [2.24, 2.45) is 0 Å². The minimum absolute atomic E-state index is 0.211. The van der Waals surface area contributed by atoms with Gasteiger partial charge in [-0.25, -0.2) is 13.2 Å². The van der Waals surface area contributed by atoms with Crippen LogP contribution in [0.15, 0.2) is 60.0 Å². The number of sulfonamides is 1. The molecule has 1 fully saturated rings. The average Bonchev–Trinajstić information content (AvgIpc) is 2.77. The second-order valence-electron chi connectivity index (χ2n) is 8.66. The predicted octanol–water partition coefficient (Wildman–Crippen LogP) is 3.79. The molecule has 8 nitrogen and oxygen atoms in total. The van der Waals surface area contributed by atoms with Crippen molar-refractivity contribution < 1.29 is 22.7 Å². The summed E-state index contributed by atoms with van der Waals surface area (Å²) in [4.78, 5) is 26.5. The molecular weight excluding hydrogens is 442 g/mol. The first-order chi connectivity index (χ1) is 15.5. The minimum atomic E-state index is -3.58. The van der Waals surface area contributed by atoms with Crippen LogP contribution in [0.2, 0.25) is 0 Å². The summed E-state index contributed by atoms with van der Waals surface area (Å²) in [6.45, 7) is 6.28. The number of nitrogens with zero attached hydrogens (tertiary/aromatic N) is 2. The first-order valence-electron chi connectivity index (χ1n) is 10.7. The Morgan fingerprint density at radius 3 is 2.27 bits per heavy atom. The summed E-state index contributed by atoms with van der Waals surface area (Å²) in [6, 6.07) is 15.8. The topological polar surface area (TPSA) is 96.0 Å². The van der Waals surface area contributed by atoms with Crippen LogP contribution in [0.1, 0.15) is 36.7 Å². The molecule has 0 bridgehead atoms. The molecule has 2 amide bonds. The first-order valence-corrected chi connectivity index (χ1v) is 12.2. The van der Waals surface area contributed by atoms with Gasteiger partial charge in [0, 0.05) is 42.8 Å². The van der Waals surface area contributed by atoms with Gasteiger partial charge in [-0.3, -0.25) is 10.1 Å². The third kappa shape index (κ3) is 7.16. The van der Waals surface area contributed by atoms with E-state index in [4.69, 9.17) is 4.74 Å². The molecule has 2 aromatic rings. The molecule has 176 valence electrons. The molecule has 1 saturated heterocycles. The molecule has 0 spiro atoms. The summed E-state index contributed by atoms with van der Waals surface area (Å²) in [5.74, 6) is -0.222. The molecular formula is C24H29N3O5S. The number of carbonyl (C=O) groups excluding carboxylic acids is 2. The molecule has 0 saturated carbocycles. The molecule has 33 heavy (non-hydrogen) atoms. The normalized spacial score (nSPS) is 15.4. The van der Waals surface area contributed by atoms with E-state index >= 15 is 0 Å². The second kappa shape index (κ2) is 10.2. The van der Waals surface area contributed by atoms with Crippen molar-refractivity contribution in [3.8, 4) is 0 Å². The van der Waals surface area contributed by atoms with Crippen LogP contribution in [0.4, 0.5) is 10.5 Å². The molecule has 3 rings (SSSR count). The van der Waals surface area contributed by atoms with Crippen LogP contribution >= 0.6 is 0 Å². The number of carbonyl (C=O) groups is 2. The maximum absolute atomic E-state index is 12.9. The lowest BCUT2D eigenvalue weighted by Crippen LogP contribution is -2.50. The third-order valence-corrected chi connectivity index (χ3v) is 6.44. The highest BCUT2D eigenvalue weighted by molar-refractivity contribution is 7.92. The van der Waals surface area contributed by atoms with Gasteiger partial charge in [-0.15, -0.1) is 0 Å².